The molecule has 0 aromatic heterocycles. The van der Waals surface area contributed by atoms with Crippen LogP contribution in [0.15, 0.2) is 23.1 Å². The Balaban J connectivity index is 0. The number of rotatable bonds is 7. The lowest BCUT2D eigenvalue weighted by Crippen LogP contribution is -1.84. The summed E-state index contributed by atoms with van der Waals surface area (Å²) in [5.41, 5.74) is 0. The zero-order valence-electron chi connectivity index (χ0n) is 8.37. The highest BCUT2D eigenvalue weighted by Crippen LogP contribution is 1.99. The van der Waals surface area contributed by atoms with E-state index in [0.29, 0.717) is 13.1 Å². The molecule has 0 radical (unpaired) electrons. The second-order valence-electron chi connectivity index (χ2n) is 2.36. The predicted molar refractivity (Wildman–Crippen MR) is 55.7 cm³/mol. The minimum Gasteiger partial charge on any atom is -0.211 e. The number of hydrogen-bond acceptors (Lipinski definition) is 4. The number of hydrogen-bond donors (Lipinski definition) is 0. The van der Waals surface area contributed by atoms with E-state index < -0.39 is 0 Å². The first-order chi connectivity index (χ1) is 6.91. The van der Waals surface area contributed by atoms with Crippen molar-refractivity contribution in [3.8, 4) is 0 Å². The minimum atomic E-state index is 0.556. The molecular formula is C10H16N2O2. The highest BCUT2D eigenvalue weighted by molar-refractivity contribution is 5.32. The minimum absolute atomic E-state index is 0.556. The molecule has 0 aromatic carbocycles. The van der Waals surface area contributed by atoms with Crippen LogP contribution in [0.3, 0.4) is 0 Å². The van der Waals surface area contributed by atoms with Crippen molar-refractivity contribution in [1.29, 1.82) is 0 Å². The fraction of sp³-hybridized carbons (Fsp3) is 0.600. The molecule has 4 nitrogen and oxygen atoms in total. The molecule has 0 rings (SSSR count). The van der Waals surface area contributed by atoms with Crippen LogP contribution in [0, 0.1) is 0 Å². The van der Waals surface area contributed by atoms with Crippen molar-refractivity contribution in [1.82, 2.24) is 0 Å². The van der Waals surface area contributed by atoms with Gasteiger partial charge in [0.25, 0.3) is 0 Å². The molecule has 0 N–H and O–H groups in total. The van der Waals surface area contributed by atoms with E-state index in [1.807, 2.05) is 0 Å². The Morgan fingerprint density at radius 1 is 0.786 bits per heavy atom. The summed E-state index contributed by atoms with van der Waals surface area (Å²) >= 11 is 0. The van der Waals surface area contributed by atoms with Crippen LogP contribution in [0.25, 0.3) is 0 Å². The van der Waals surface area contributed by atoms with Crippen molar-refractivity contribution in [2.45, 2.75) is 25.7 Å². The lowest BCUT2D eigenvalue weighted by molar-refractivity contribution is 0.558. The normalized spacial score (nSPS) is 7.43. The van der Waals surface area contributed by atoms with E-state index in [1.54, 1.807) is 0 Å². The number of isocyanates is 2. The molecule has 0 heterocycles. The number of nitrogens with zero attached hydrogens (tertiary/aromatic N) is 2. The molecule has 0 amide bonds. The van der Waals surface area contributed by atoms with Crippen molar-refractivity contribution in [2.24, 2.45) is 9.98 Å². The Morgan fingerprint density at radius 3 is 1.43 bits per heavy atom. The summed E-state index contributed by atoms with van der Waals surface area (Å²) < 4.78 is 0. The first-order valence-corrected chi connectivity index (χ1v) is 4.49. The van der Waals surface area contributed by atoms with Gasteiger partial charge in [0.15, 0.2) is 0 Å². The zero-order chi connectivity index (χ0) is 11.1. The summed E-state index contributed by atoms with van der Waals surface area (Å²) in [6.07, 6.45) is 6.80. The van der Waals surface area contributed by atoms with Crippen LogP contribution in [0.4, 0.5) is 0 Å². The van der Waals surface area contributed by atoms with Crippen molar-refractivity contribution in [2.75, 3.05) is 13.1 Å². The Bertz CT molecular complexity index is 182. The third-order valence-electron chi connectivity index (χ3n) is 1.42. The monoisotopic (exact) mass is 196 g/mol. The molecule has 0 aliphatic carbocycles. The van der Waals surface area contributed by atoms with E-state index in [2.05, 4.69) is 23.1 Å². The van der Waals surface area contributed by atoms with Gasteiger partial charge in [-0.25, -0.2) is 19.6 Å². The van der Waals surface area contributed by atoms with Gasteiger partial charge < -0.3 is 0 Å². The van der Waals surface area contributed by atoms with Crippen LogP contribution in [-0.4, -0.2) is 25.2 Å². The van der Waals surface area contributed by atoms with Crippen LogP contribution in [0.1, 0.15) is 25.7 Å². The van der Waals surface area contributed by atoms with Crippen molar-refractivity contribution >= 4 is 12.2 Å². The molecule has 0 fully saturated rings. The number of unbranched alkanes of at least 4 members (excludes halogenated alkanes) is 3. The first-order valence-electron chi connectivity index (χ1n) is 4.49. The van der Waals surface area contributed by atoms with Gasteiger partial charge >= 0.3 is 0 Å². The molecule has 4 heteroatoms. The van der Waals surface area contributed by atoms with E-state index >= 15 is 0 Å². The van der Waals surface area contributed by atoms with Crippen molar-refractivity contribution < 1.29 is 9.59 Å². The van der Waals surface area contributed by atoms with Gasteiger partial charge in [-0.3, -0.25) is 0 Å². The lowest BCUT2D eigenvalue weighted by atomic mass is 10.2. The highest BCUT2D eigenvalue weighted by atomic mass is 16.1. The van der Waals surface area contributed by atoms with Gasteiger partial charge in [-0.15, -0.1) is 13.2 Å². The summed E-state index contributed by atoms with van der Waals surface area (Å²) in [4.78, 5) is 26.1. The molecule has 0 spiro atoms. The van der Waals surface area contributed by atoms with Crippen LogP contribution in [0.5, 0.6) is 0 Å². The van der Waals surface area contributed by atoms with Crippen molar-refractivity contribution in [3.63, 3.8) is 0 Å². The van der Waals surface area contributed by atoms with Gasteiger partial charge in [-0.05, 0) is 12.8 Å². The molecule has 78 valence electrons. The van der Waals surface area contributed by atoms with E-state index in [9.17, 15) is 9.59 Å². The first kappa shape index (κ1) is 15.0. The highest BCUT2D eigenvalue weighted by Gasteiger charge is 1.87. The van der Waals surface area contributed by atoms with Gasteiger partial charge in [-0.1, -0.05) is 12.8 Å². The van der Waals surface area contributed by atoms with E-state index in [1.165, 1.54) is 12.2 Å². The fourth-order valence-corrected chi connectivity index (χ4v) is 0.827. The van der Waals surface area contributed by atoms with Gasteiger partial charge in [0.2, 0.25) is 12.2 Å². The molecule has 14 heavy (non-hydrogen) atoms. The summed E-state index contributed by atoms with van der Waals surface area (Å²) in [7, 11) is 0. The van der Waals surface area contributed by atoms with Gasteiger partial charge in [-0.2, -0.15) is 0 Å². The lowest BCUT2D eigenvalue weighted by Gasteiger charge is -1.93. The second kappa shape index (κ2) is 17.5. The summed E-state index contributed by atoms with van der Waals surface area (Å²) in [6, 6.07) is 0. The average Bonchev–Trinajstić information content (AvgIpc) is 2.25. The quantitative estimate of drug-likeness (QED) is 0.271. The second-order valence-corrected chi connectivity index (χ2v) is 2.36. The summed E-state index contributed by atoms with van der Waals surface area (Å²) in [5.74, 6) is 0. The van der Waals surface area contributed by atoms with Gasteiger partial charge in [0, 0.05) is 0 Å². The number of carbonyl (C=O) groups excluding carboxylic acids is 2. The Morgan fingerprint density at radius 2 is 1.14 bits per heavy atom. The smallest absolute Gasteiger partial charge is 0.211 e. The molecule has 0 aliphatic heterocycles. The van der Waals surface area contributed by atoms with Gasteiger partial charge in [0.1, 0.15) is 0 Å². The maximum atomic E-state index is 9.63. The molecular weight excluding hydrogens is 180 g/mol. The molecule has 0 atom stereocenters. The molecule has 0 saturated heterocycles. The van der Waals surface area contributed by atoms with Crippen LogP contribution in [-0.2, 0) is 9.59 Å². The Hall–Kier alpha value is -1.50. The van der Waals surface area contributed by atoms with Crippen LogP contribution in [0.2, 0.25) is 0 Å². The summed E-state index contributed by atoms with van der Waals surface area (Å²) in [5, 5.41) is 0. The topological polar surface area (TPSA) is 58.9 Å². The van der Waals surface area contributed by atoms with E-state index in [0.717, 1.165) is 25.7 Å². The van der Waals surface area contributed by atoms with Crippen LogP contribution < -0.4 is 0 Å². The summed E-state index contributed by atoms with van der Waals surface area (Å²) in [6.45, 7) is 7.11. The molecule has 0 unspecified atom stereocenters. The molecule has 0 bridgehead atoms. The maximum absolute atomic E-state index is 9.63. The predicted octanol–water partition coefficient (Wildman–Crippen LogP) is 2.02. The molecule has 0 aliphatic rings. The van der Waals surface area contributed by atoms with Crippen LogP contribution >= 0.6 is 0 Å². The number of aliphatic imine (C=N–C) groups is 2. The van der Waals surface area contributed by atoms with Crippen molar-refractivity contribution in [3.05, 3.63) is 13.2 Å². The molecule has 0 saturated carbocycles. The third-order valence-corrected chi connectivity index (χ3v) is 1.42. The largest absolute Gasteiger partial charge is 0.234 e. The standard InChI is InChI=1S/C8H12N2O2.C2H4/c11-7-9-5-3-1-2-4-6-10-8-12;1-2/h1-6H2;1-2H2. The van der Waals surface area contributed by atoms with Gasteiger partial charge in [0.05, 0.1) is 13.1 Å². The SMILES string of the molecule is C=C.O=C=NCCCCCCN=C=O. The zero-order valence-corrected chi connectivity index (χ0v) is 8.37. The molecule has 0 aromatic rings. The maximum Gasteiger partial charge on any atom is 0.234 e. The fourth-order valence-electron chi connectivity index (χ4n) is 0.827. The van der Waals surface area contributed by atoms with E-state index in [-0.39, 0.29) is 0 Å². The Labute approximate surface area is 84.5 Å². The van der Waals surface area contributed by atoms with E-state index in [4.69, 9.17) is 0 Å². The average molecular weight is 196 g/mol. The third kappa shape index (κ3) is 16.8. The Kier molecular flexibility index (Phi) is 18.8.